The first kappa shape index (κ1) is 14.9. The SMILES string of the molecule is COc1ccc(NC(=O)c2ccc(Br)cc2Br)cc1N. The molecule has 0 unspecified atom stereocenters. The zero-order valence-corrected chi connectivity index (χ0v) is 13.8. The van der Waals surface area contributed by atoms with E-state index in [-0.39, 0.29) is 5.91 Å². The first-order valence-electron chi connectivity index (χ1n) is 5.71. The highest BCUT2D eigenvalue weighted by molar-refractivity contribution is 9.11. The fraction of sp³-hybridized carbons (Fsp3) is 0.0714. The Bertz CT molecular complexity index is 660. The van der Waals surface area contributed by atoms with E-state index in [1.165, 1.54) is 0 Å². The van der Waals surface area contributed by atoms with Gasteiger partial charge in [-0.15, -0.1) is 0 Å². The van der Waals surface area contributed by atoms with Crippen molar-refractivity contribution in [3.63, 3.8) is 0 Å². The number of rotatable bonds is 3. The van der Waals surface area contributed by atoms with Gasteiger partial charge in [-0.3, -0.25) is 4.79 Å². The van der Waals surface area contributed by atoms with E-state index in [9.17, 15) is 4.79 Å². The molecular weight excluding hydrogens is 388 g/mol. The van der Waals surface area contributed by atoms with Crippen LogP contribution in [0.1, 0.15) is 10.4 Å². The van der Waals surface area contributed by atoms with Crippen molar-refractivity contribution >= 4 is 49.1 Å². The molecule has 0 aliphatic heterocycles. The van der Waals surface area contributed by atoms with Gasteiger partial charge < -0.3 is 15.8 Å². The number of halogens is 2. The van der Waals surface area contributed by atoms with Crippen LogP contribution in [0, 0.1) is 0 Å². The summed E-state index contributed by atoms with van der Waals surface area (Å²) >= 11 is 6.71. The van der Waals surface area contributed by atoms with E-state index >= 15 is 0 Å². The van der Waals surface area contributed by atoms with Crippen LogP contribution < -0.4 is 15.8 Å². The molecule has 0 radical (unpaired) electrons. The standard InChI is InChI=1S/C14H12Br2N2O2/c1-20-13-5-3-9(7-12(13)17)18-14(19)10-4-2-8(15)6-11(10)16/h2-7H,17H2,1H3,(H,18,19). The molecule has 0 saturated heterocycles. The number of anilines is 2. The van der Waals surface area contributed by atoms with Gasteiger partial charge in [0.2, 0.25) is 0 Å². The van der Waals surface area contributed by atoms with Crippen LogP contribution >= 0.6 is 31.9 Å². The molecule has 6 heteroatoms. The molecule has 2 aromatic carbocycles. The molecule has 104 valence electrons. The number of nitrogens with one attached hydrogen (secondary N) is 1. The maximum Gasteiger partial charge on any atom is 0.256 e. The van der Waals surface area contributed by atoms with Gasteiger partial charge in [0.1, 0.15) is 5.75 Å². The maximum atomic E-state index is 12.2. The van der Waals surface area contributed by atoms with E-state index in [1.807, 2.05) is 12.1 Å². The second kappa shape index (κ2) is 6.28. The number of nitrogens with two attached hydrogens (primary N) is 1. The number of amides is 1. The fourth-order valence-electron chi connectivity index (χ4n) is 1.68. The third-order valence-corrected chi connectivity index (χ3v) is 3.81. The lowest BCUT2D eigenvalue weighted by atomic mass is 10.2. The summed E-state index contributed by atoms with van der Waals surface area (Å²) in [5.41, 5.74) is 7.43. The molecule has 4 nitrogen and oxygen atoms in total. The van der Waals surface area contributed by atoms with E-state index in [4.69, 9.17) is 10.5 Å². The highest BCUT2D eigenvalue weighted by Crippen LogP contribution is 2.26. The van der Waals surface area contributed by atoms with Crippen LogP contribution in [0.3, 0.4) is 0 Å². The molecule has 0 aliphatic carbocycles. The van der Waals surface area contributed by atoms with Gasteiger partial charge >= 0.3 is 0 Å². The third kappa shape index (κ3) is 3.32. The highest BCUT2D eigenvalue weighted by Gasteiger charge is 2.11. The number of methoxy groups -OCH3 is 1. The maximum absolute atomic E-state index is 12.2. The lowest BCUT2D eigenvalue weighted by Gasteiger charge is -2.10. The molecule has 0 aromatic heterocycles. The lowest BCUT2D eigenvalue weighted by molar-refractivity contribution is 0.102. The van der Waals surface area contributed by atoms with Crippen LogP contribution in [0.5, 0.6) is 5.75 Å². The van der Waals surface area contributed by atoms with Crippen molar-refractivity contribution in [1.82, 2.24) is 0 Å². The van der Waals surface area contributed by atoms with Crippen molar-refractivity contribution in [2.75, 3.05) is 18.2 Å². The number of hydrogen-bond acceptors (Lipinski definition) is 3. The molecule has 3 N–H and O–H groups in total. The largest absolute Gasteiger partial charge is 0.495 e. The Balaban J connectivity index is 2.21. The third-order valence-electron chi connectivity index (χ3n) is 2.66. The molecule has 2 rings (SSSR count). The normalized spacial score (nSPS) is 10.2. The summed E-state index contributed by atoms with van der Waals surface area (Å²) in [6.07, 6.45) is 0. The monoisotopic (exact) mass is 398 g/mol. The molecule has 0 aliphatic rings. The number of benzene rings is 2. The fourth-order valence-corrected chi connectivity index (χ4v) is 2.91. The van der Waals surface area contributed by atoms with Crippen molar-refractivity contribution in [1.29, 1.82) is 0 Å². The molecule has 0 spiro atoms. The summed E-state index contributed by atoms with van der Waals surface area (Å²) in [4.78, 5) is 12.2. The predicted molar refractivity (Wildman–Crippen MR) is 87.2 cm³/mol. The first-order chi connectivity index (χ1) is 9.51. The van der Waals surface area contributed by atoms with Crippen molar-refractivity contribution in [2.45, 2.75) is 0 Å². The summed E-state index contributed by atoms with van der Waals surface area (Å²) in [5, 5.41) is 2.79. The summed E-state index contributed by atoms with van der Waals surface area (Å²) in [7, 11) is 1.54. The summed E-state index contributed by atoms with van der Waals surface area (Å²) in [6.45, 7) is 0. The van der Waals surface area contributed by atoms with Crippen molar-refractivity contribution in [2.24, 2.45) is 0 Å². The minimum atomic E-state index is -0.214. The molecule has 0 bridgehead atoms. The number of ether oxygens (including phenoxy) is 1. The van der Waals surface area contributed by atoms with E-state index in [2.05, 4.69) is 37.2 Å². The summed E-state index contributed by atoms with van der Waals surface area (Å²) in [6, 6.07) is 10.5. The van der Waals surface area contributed by atoms with Gasteiger partial charge in [0.05, 0.1) is 18.4 Å². The minimum Gasteiger partial charge on any atom is -0.495 e. The molecule has 20 heavy (non-hydrogen) atoms. The van der Waals surface area contributed by atoms with Gasteiger partial charge in [-0.2, -0.15) is 0 Å². The van der Waals surface area contributed by atoms with Crippen molar-refractivity contribution in [3.8, 4) is 5.75 Å². The molecule has 0 fully saturated rings. The summed E-state index contributed by atoms with van der Waals surface area (Å²) < 4.78 is 6.68. The van der Waals surface area contributed by atoms with Crippen LogP contribution in [0.4, 0.5) is 11.4 Å². The zero-order valence-electron chi connectivity index (χ0n) is 10.6. The van der Waals surface area contributed by atoms with Gasteiger partial charge in [0, 0.05) is 14.6 Å². The zero-order chi connectivity index (χ0) is 14.7. The van der Waals surface area contributed by atoms with Crippen LogP contribution in [0.2, 0.25) is 0 Å². The van der Waals surface area contributed by atoms with E-state index < -0.39 is 0 Å². The number of nitrogen functional groups attached to an aromatic ring is 1. The van der Waals surface area contributed by atoms with E-state index in [0.717, 1.165) is 4.47 Å². The Kier molecular flexibility index (Phi) is 4.67. The lowest BCUT2D eigenvalue weighted by Crippen LogP contribution is -2.12. The average molecular weight is 400 g/mol. The second-order valence-corrected chi connectivity index (χ2v) is 5.81. The second-order valence-electron chi connectivity index (χ2n) is 4.04. The molecule has 2 aromatic rings. The minimum absolute atomic E-state index is 0.214. The molecule has 0 saturated carbocycles. The Morgan fingerprint density at radius 1 is 1.20 bits per heavy atom. The summed E-state index contributed by atoms with van der Waals surface area (Å²) in [5.74, 6) is 0.363. The number of hydrogen-bond donors (Lipinski definition) is 2. The van der Waals surface area contributed by atoms with Gasteiger partial charge in [0.25, 0.3) is 5.91 Å². The van der Waals surface area contributed by atoms with Crippen LogP contribution in [-0.2, 0) is 0 Å². The molecule has 0 atom stereocenters. The molecular formula is C14H12Br2N2O2. The van der Waals surface area contributed by atoms with Crippen LogP contribution in [0.25, 0.3) is 0 Å². The quantitative estimate of drug-likeness (QED) is 0.765. The average Bonchev–Trinajstić information content (AvgIpc) is 2.38. The van der Waals surface area contributed by atoms with E-state index in [0.29, 0.717) is 27.2 Å². The van der Waals surface area contributed by atoms with Crippen molar-refractivity contribution < 1.29 is 9.53 Å². The highest BCUT2D eigenvalue weighted by atomic mass is 79.9. The number of carbonyl (C=O) groups excluding carboxylic acids is 1. The molecule has 1 amide bonds. The van der Waals surface area contributed by atoms with Gasteiger partial charge in [0.15, 0.2) is 0 Å². The van der Waals surface area contributed by atoms with Crippen LogP contribution in [0.15, 0.2) is 45.3 Å². The molecule has 0 heterocycles. The van der Waals surface area contributed by atoms with E-state index in [1.54, 1.807) is 31.4 Å². The number of carbonyl (C=O) groups is 1. The van der Waals surface area contributed by atoms with Crippen molar-refractivity contribution in [3.05, 3.63) is 50.9 Å². The van der Waals surface area contributed by atoms with Gasteiger partial charge in [-0.25, -0.2) is 0 Å². The Morgan fingerprint density at radius 2 is 1.95 bits per heavy atom. The predicted octanol–water partition coefficient (Wildman–Crippen LogP) is 4.05. The Hall–Kier alpha value is -1.53. The topological polar surface area (TPSA) is 64.3 Å². The van der Waals surface area contributed by atoms with Gasteiger partial charge in [-0.1, -0.05) is 15.9 Å². The first-order valence-corrected chi connectivity index (χ1v) is 7.30. The van der Waals surface area contributed by atoms with Gasteiger partial charge in [-0.05, 0) is 52.3 Å². The Labute approximate surface area is 133 Å². The van der Waals surface area contributed by atoms with Crippen LogP contribution in [-0.4, -0.2) is 13.0 Å². The smallest absolute Gasteiger partial charge is 0.256 e. The Morgan fingerprint density at radius 3 is 2.55 bits per heavy atom.